The van der Waals surface area contributed by atoms with E-state index in [9.17, 15) is 0 Å². The molecule has 0 N–H and O–H groups in total. The molecule has 7 heavy (non-hydrogen) atoms. The van der Waals surface area contributed by atoms with Crippen LogP contribution in [0, 0.1) is 0 Å². The number of hydrogen-bond donors (Lipinski definition) is 0. The van der Waals surface area contributed by atoms with E-state index in [-0.39, 0.29) is 23.9 Å². The van der Waals surface area contributed by atoms with Gasteiger partial charge in [0.05, 0.1) is 0 Å². The maximum absolute atomic E-state index is 2.54. The summed E-state index contributed by atoms with van der Waals surface area (Å²) in [6.45, 7) is 2.25. The Bertz CT molecular complexity index is 23.7. The van der Waals surface area contributed by atoms with Crippen molar-refractivity contribution in [3.8, 4) is 0 Å². The van der Waals surface area contributed by atoms with Crippen LogP contribution in [0.2, 0.25) is 5.25 Å². The summed E-state index contributed by atoms with van der Waals surface area (Å²) >= 11 is 3.00. The van der Waals surface area contributed by atoms with Crippen molar-refractivity contribution >= 4 is 56.2 Å². The molecular formula is C4H9GeISn. The Morgan fingerprint density at radius 1 is 1.57 bits per heavy atom. The van der Waals surface area contributed by atoms with Crippen LogP contribution < -0.4 is 0 Å². The maximum atomic E-state index is 2.54. The molecule has 0 amide bonds. The minimum absolute atomic E-state index is 0. The molecule has 0 saturated heterocycles. The second-order valence-electron chi connectivity index (χ2n) is 1.24. The predicted octanol–water partition coefficient (Wildman–Crippen LogP) is 1.88. The van der Waals surface area contributed by atoms with Crippen LogP contribution >= 0.6 is 20.2 Å². The largest absolute Gasteiger partial charge is 0 e. The van der Waals surface area contributed by atoms with Gasteiger partial charge in [-0.25, -0.2) is 0 Å². The molecule has 0 bridgehead atoms. The van der Waals surface area contributed by atoms with Gasteiger partial charge >= 0.3 is 57.4 Å². The summed E-state index contributed by atoms with van der Waals surface area (Å²) in [7, 11) is 0. The number of halogens is 1. The quantitative estimate of drug-likeness (QED) is 0.402. The summed E-state index contributed by atoms with van der Waals surface area (Å²) in [6.07, 6.45) is 2.84. The van der Waals surface area contributed by atoms with Crippen LogP contribution in [0.1, 0.15) is 19.8 Å². The minimum Gasteiger partial charge on any atom is 0 e. The molecule has 40 valence electrons. The predicted molar refractivity (Wildman–Crippen MR) is 45.2 cm³/mol. The van der Waals surface area contributed by atoms with E-state index in [0.29, 0.717) is 12.1 Å². The minimum atomic E-state index is 0. The second-order valence-corrected chi connectivity index (χ2v) is 6.81. The molecule has 0 atom stereocenters. The van der Waals surface area contributed by atoms with Gasteiger partial charge in [0.25, 0.3) is 0 Å². The fourth-order valence-electron chi connectivity index (χ4n) is 0.244. The molecule has 0 aromatic rings. The Hall–Kier alpha value is 2.07. The molecule has 0 aliphatic heterocycles. The van der Waals surface area contributed by atoms with Crippen LogP contribution in [-0.4, -0.2) is 36.0 Å². The maximum Gasteiger partial charge on any atom is 0 e. The Morgan fingerprint density at radius 2 is 2.14 bits per heavy atom. The van der Waals surface area contributed by atoms with Gasteiger partial charge in [-0.1, -0.05) is 0 Å². The fourth-order valence-corrected chi connectivity index (χ4v) is 3.25. The number of rotatable bonds is 3. The zero-order valence-corrected chi connectivity index (χ0v) is 11.6. The third-order valence-corrected chi connectivity index (χ3v) is 4.57. The summed E-state index contributed by atoms with van der Waals surface area (Å²) in [5.74, 6) is 0. The van der Waals surface area contributed by atoms with Gasteiger partial charge in [-0.2, -0.15) is 0 Å². The third-order valence-electron chi connectivity index (χ3n) is 0.625. The molecule has 3 heteroatoms. The normalized spacial score (nSPS) is 7.71. The van der Waals surface area contributed by atoms with Gasteiger partial charge in [-0.3, -0.25) is 0 Å². The summed E-state index contributed by atoms with van der Waals surface area (Å²) in [5, 5.41) is 1.52. The van der Waals surface area contributed by atoms with Gasteiger partial charge in [-0.05, 0) is 0 Å². The van der Waals surface area contributed by atoms with Crippen molar-refractivity contribution < 1.29 is 0 Å². The second kappa shape index (κ2) is 10.9. The standard InChI is InChI=1S/C4H9GeI.Sn/c1-2-3-4-5-6;/h2-4H2,1H3;. The van der Waals surface area contributed by atoms with Crippen molar-refractivity contribution in [3.63, 3.8) is 0 Å². The molecule has 0 aromatic heterocycles. The summed E-state index contributed by atoms with van der Waals surface area (Å²) in [4.78, 5) is 0. The van der Waals surface area contributed by atoms with Crippen molar-refractivity contribution in [2.24, 2.45) is 0 Å². The van der Waals surface area contributed by atoms with Gasteiger partial charge < -0.3 is 0 Å². The van der Waals surface area contributed by atoms with Gasteiger partial charge in [0.1, 0.15) is 0 Å². The molecule has 0 spiro atoms. The van der Waals surface area contributed by atoms with Crippen LogP contribution in [0.3, 0.4) is 0 Å². The molecule has 0 unspecified atom stereocenters. The fraction of sp³-hybridized carbons (Fsp3) is 1.00. The number of hydrogen-bond acceptors (Lipinski definition) is 0. The Kier molecular flexibility index (Phi) is 18.5. The first-order chi connectivity index (χ1) is 2.91. The molecule has 6 radical (unpaired) electrons. The van der Waals surface area contributed by atoms with Crippen LogP contribution in [-0.2, 0) is 0 Å². The third kappa shape index (κ3) is 11.6. The molecular weight excluding hydrogens is 366 g/mol. The average molecular weight is 375 g/mol. The Labute approximate surface area is 80.2 Å². The van der Waals surface area contributed by atoms with Crippen molar-refractivity contribution in [1.82, 2.24) is 0 Å². The zero-order chi connectivity index (χ0) is 4.83. The average Bonchev–Trinajstić information content (AvgIpc) is 1.61. The topological polar surface area (TPSA) is 0 Å². The van der Waals surface area contributed by atoms with Crippen LogP contribution in [0.25, 0.3) is 0 Å². The Balaban J connectivity index is 0. The van der Waals surface area contributed by atoms with Crippen LogP contribution in [0.4, 0.5) is 0 Å². The van der Waals surface area contributed by atoms with E-state index < -0.39 is 0 Å². The van der Waals surface area contributed by atoms with E-state index in [1.54, 1.807) is 0 Å². The van der Waals surface area contributed by atoms with Crippen molar-refractivity contribution in [3.05, 3.63) is 0 Å². The summed E-state index contributed by atoms with van der Waals surface area (Å²) in [5.41, 5.74) is 0. The van der Waals surface area contributed by atoms with E-state index in [1.165, 1.54) is 18.1 Å². The van der Waals surface area contributed by atoms with Gasteiger partial charge in [0.15, 0.2) is 0 Å². The number of unbranched alkanes of at least 4 members (excludes halogenated alkanes) is 1. The van der Waals surface area contributed by atoms with Crippen LogP contribution in [0.5, 0.6) is 0 Å². The smallest absolute Gasteiger partial charge is 0 e. The molecule has 0 nitrogen and oxygen atoms in total. The molecule has 0 rings (SSSR count). The first-order valence-electron chi connectivity index (χ1n) is 2.25. The van der Waals surface area contributed by atoms with Crippen molar-refractivity contribution in [2.45, 2.75) is 25.0 Å². The first kappa shape index (κ1) is 11.8. The molecule has 0 heterocycles. The van der Waals surface area contributed by atoms with E-state index in [2.05, 4.69) is 27.1 Å². The van der Waals surface area contributed by atoms with Crippen LogP contribution in [0.15, 0.2) is 0 Å². The monoisotopic (exact) mass is 378 g/mol. The van der Waals surface area contributed by atoms with E-state index in [0.717, 1.165) is 0 Å². The van der Waals surface area contributed by atoms with Crippen molar-refractivity contribution in [1.29, 1.82) is 0 Å². The SMILES string of the molecule is CCC[CH2][Ge][I].[Sn]. The molecule has 0 fully saturated rings. The first-order valence-corrected chi connectivity index (χ1v) is 10.1. The molecule has 0 saturated carbocycles. The van der Waals surface area contributed by atoms with Gasteiger partial charge in [0, 0.05) is 23.9 Å². The zero-order valence-electron chi connectivity index (χ0n) is 4.50. The van der Waals surface area contributed by atoms with E-state index in [1.807, 2.05) is 0 Å². The molecule has 0 aliphatic rings. The summed E-state index contributed by atoms with van der Waals surface area (Å²) < 4.78 is 0. The molecule has 0 aliphatic carbocycles. The van der Waals surface area contributed by atoms with E-state index in [4.69, 9.17) is 0 Å². The summed E-state index contributed by atoms with van der Waals surface area (Å²) in [6, 6.07) is 0. The van der Waals surface area contributed by atoms with E-state index >= 15 is 0 Å². The Morgan fingerprint density at radius 3 is 2.29 bits per heavy atom. The van der Waals surface area contributed by atoms with Crippen molar-refractivity contribution in [2.75, 3.05) is 0 Å². The molecule has 0 aromatic carbocycles. The van der Waals surface area contributed by atoms with Gasteiger partial charge in [-0.15, -0.1) is 0 Å². The van der Waals surface area contributed by atoms with Gasteiger partial charge in [0.2, 0.25) is 0 Å².